The van der Waals surface area contributed by atoms with E-state index < -0.39 is 0 Å². The van der Waals surface area contributed by atoms with Gasteiger partial charge in [0.25, 0.3) is 0 Å². The number of carbonyl (C=O) groups excluding carboxylic acids is 1. The Balaban J connectivity index is 1.40. The first-order valence-corrected chi connectivity index (χ1v) is 8.18. The Morgan fingerprint density at radius 2 is 2.12 bits per heavy atom. The van der Waals surface area contributed by atoms with Crippen molar-refractivity contribution in [3.63, 3.8) is 0 Å². The van der Waals surface area contributed by atoms with Crippen LogP contribution in [0.4, 0.5) is 0 Å². The normalized spacial score (nSPS) is 11.1. The Labute approximate surface area is 140 Å². The van der Waals surface area contributed by atoms with Crippen molar-refractivity contribution in [1.29, 1.82) is 0 Å². The van der Waals surface area contributed by atoms with Crippen molar-refractivity contribution >= 4 is 11.6 Å². The first-order valence-electron chi connectivity index (χ1n) is 8.18. The van der Waals surface area contributed by atoms with Crippen molar-refractivity contribution in [2.24, 2.45) is 7.05 Å². The van der Waals surface area contributed by atoms with Crippen molar-refractivity contribution in [3.05, 3.63) is 47.7 Å². The molecule has 0 unspecified atom stereocenters. The number of nitrogens with one attached hydrogen (secondary N) is 1. The number of aryl methyl sites for hydroxylation is 3. The summed E-state index contributed by atoms with van der Waals surface area (Å²) >= 11 is 0. The van der Waals surface area contributed by atoms with E-state index in [-0.39, 0.29) is 5.91 Å². The molecule has 0 aliphatic heterocycles. The van der Waals surface area contributed by atoms with E-state index in [0.29, 0.717) is 13.0 Å². The van der Waals surface area contributed by atoms with Gasteiger partial charge in [0.2, 0.25) is 5.91 Å². The molecule has 0 spiro atoms. The standard InChI is InChI=1S/C17H22N6O/c1-13-14(12-19-22(13)2)8-9-17(24)18-10-5-7-16-21-20-15-6-3-4-11-23(15)16/h3-4,6,11-12H,5,7-10H2,1-2H3,(H,18,24). The van der Waals surface area contributed by atoms with Crippen LogP contribution >= 0.6 is 0 Å². The molecule has 0 atom stereocenters. The molecule has 0 fully saturated rings. The van der Waals surface area contributed by atoms with Gasteiger partial charge in [0, 0.05) is 38.3 Å². The van der Waals surface area contributed by atoms with Crippen LogP contribution in [-0.4, -0.2) is 36.8 Å². The zero-order chi connectivity index (χ0) is 16.9. The average Bonchev–Trinajstić information content (AvgIpc) is 3.14. The highest BCUT2D eigenvalue weighted by molar-refractivity contribution is 5.76. The highest BCUT2D eigenvalue weighted by Gasteiger charge is 2.08. The molecule has 3 rings (SSSR count). The lowest BCUT2D eigenvalue weighted by atomic mass is 10.1. The van der Waals surface area contributed by atoms with E-state index in [9.17, 15) is 4.79 Å². The first-order chi connectivity index (χ1) is 11.6. The second kappa shape index (κ2) is 7.25. The fraction of sp³-hybridized carbons (Fsp3) is 0.412. The van der Waals surface area contributed by atoms with Gasteiger partial charge in [0.05, 0.1) is 6.20 Å². The summed E-state index contributed by atoms with van der Waals surface area (Å²) in [6.45, 7) is 2.66. The van der Waals surface area contributed by atoms with Gasteiger partial charge >= 0.3 is 0 Å². The van der Waals surface area contributed by atoms with E-state index in [0.717, 1.165) is 42.0 Å². The minimum absolute atomic E-state index is 0.0735. The molecule has 24 heavy (non-hydrogen) atoms. The van der Waals surface area contributed by atoms with Crippen LogP contribution in [0.2, 0.25) is 0 Å². The molecule has 126 valence electrons. The number of hydrogen-bond acceptors (Lipinski definition) is 4. The minimum atomic E-state index is 0.0735. The van der Waals surface area contributed by atoms with Gasteiger partial charge in [-0.15, -0.1) is 10.2 Å². The maximum absolute atomic E-state index is 11.9. The third kappa shape index (κ3) is 3.61. The lowest BCUT2D eigenvalue weighted by Crippen LogP contribution is -2.25. The summed E-state index contributed by atoms with van der Waals surface area (Å²) in [5.74, 6) is 0.996. The Kier molecular flexibility index (Phi) is 4.88. The summed E-state index contributed by atoms with van der Waals surface area (Å²) in [6, 6.07) is 5.83. The van der Waals surface area contributed by atoms with E-state index in [2.05, 4.69) is 20.6 Å². The second-order valence-electron chi connectivity index (χ2n) is 5.88. The predicted molar refractivity (Wildman–Crippen MR) is 90.6 cm³/mol. The largest absolute Gasteiger partial charge is 0.356 e. The van der Waals surface area contributed by atoms with Crippen molar-refractivity contribution in [2.45, 2.75) is 32.6 Å². The van der Waals surface area contributed by atoms with Crippen LogP contribution in [0.25, 0.3) is 5.65 Å². The molecule has 7 nitrogen and oxygen atoms in total. The molecule has 0 saturated heterocycles. The van der Waals surface area contributed by atoms with Crippen LogP contribution in [0.1, 0.15) is 29.9 Å². The van der Waals surface area contributed by atoms with Crippen LogP contribution in [0.3, 0.4) is 0 Å². The van der Waals surface area contributed by atoms with Crippen molar-refractivity contribution in [3.8, 4) is 0 Å². The number of amides is 1. The van der Waals surface area contributed by atoms with E-state index in [4.69, 9.17) is 0 Å². The monoisotopic (exact) mass is 326 g/mol. The van der Waals surface area contributed by atoms with Gasteiger partial charge in [0.15, 0.2) is 5.65 Å². The molecule has 1 amide bonds. The zero-order valence-corrected chi connectivity index (χ0v) is 14.1. The molecule has 0 aliphatic rings. The van der Waals surface area contributed by atoms with Crippen molar-refractivity contribution in [2.75, 3.05) is 6.54 Å². The van der Waals surface area contributed by atoms with Crippen LogP contribution in [-0.2, 0) is 24.7 Å². The number of nitrogens with zero attached hydrogens (tertiary/aromatic N) is 5. The number of aromatic nitrogens is 5. The molecule has 1 N–H and O–H groups in total. The molecule has 3 aromatic heterocycles. The summed E-state index contributed by atoms with van der Waals surface area (Å²) in [4.78, 5) is 11.9. The van der Waals surface area contributed by atoms with Crippen LogP contribution in [0, 0.1) is 6.92 Å². The fourth-order valence-electron chi connectivity index (χ4n) is 2.66. The maximum atomic E-state index is 11.9. The lowest BCUT2D eigenvalue weighted by Gasteiger charge is -2.05. The van der Waals surface area contributed by atoms with Gasteiger partial charge < -0.3 is 5.32 Å². The van der Waals surface area contributed by atoms with E-state index in [1.54, 1.807) is 0 Å². The van der Waals surface area contributed by atoms with E-state index in [1.807, 2.05) is 53.6 Å². The van der Waals surface area contributed by atoms with Gasteiger partial charge in [-0.3, -0.25) is 13.9 Å². The molecule has 0 aliphatic carbocycles. The Morgan fingerprint density at radius 3 is 2.92 bits per heavy atom. The first kappa shape index (κ1) is 16.2. The fourth-order valence-corrected chi connectivity index (χ4v) is 2.66. The third-order valence-corrected chi connectivity index (χ3v) is 4.24. The highest BCUT2D eigenvalue weighted by Crippen LogP contribution is 2.08. The van der Waals surface area contributed by atoms with Crippen LogP contribution in [0.15, 0.2) is 30.6 Å². The summed E-state index contributed by atoms with van der Waals surface area (Å²) < 4.78 is 3.81. The molecular weight excluding hydrogens is 304 g/mol. The predicted octanol–water partition coefficient (Wildman–Crippen LogP) is 1.45. The van der Waals surface area contributed by atoms with Gasteiger partial charge in [-0.2, -0.15) is 5.10 Å². The topological polar surface area (TPSA) is 77.1 Å². The molecule has 7 heteroatoms. The van der Waals surface area contributed by atoms with Gasteiger partial charge in [-0.1, -0.05) is 6.07 Å². The Morgan fingerprint density at radius 1 is 1.25 bits per heavy atom. The number of fused-ring (bicyclic) bond motifs is 1. The second-order valence-corrected chi connectivity index (χ2v) is 5.88. The SMILES string of the molecule is Cc1c(CCC(=O)NCCCc2nnc3ccccn23)cnn1C. The molecule has 0 aromatic carbocycles. The summed E-state index contributed by atoms with van der Waals surface area (Å²) in [6.07, 6.45) is 6.62. The molecule has 0 saturated carbocycles. The summed E-state index contributed by atoms with van der Waals surface area (Å²) in [7, 11) is 1.91. The van der Waals surface area contributed by atoms with Crippen molar-refractivity contribution in [1.82, 2.24) is 29.7 Å². The smallest absolute Gasteiger partial charge is 0.220 e. The summed E-state index contributed by atoms with van der Waals surface area (Å²) in [5.41, 5.74) is 3.09. The third-order valence-electron chi connectivity index (χ3n) is 4.24. The Hall–Kier alpha value is -2.70. The van der Waals surface area contributed by atoms with Gasteiger partial charge in [-0.05, 0) is 37.5 Å². The average molecular weight is 326 g/mol. The van der Waals surface area contributed by atoms with Gasteiger partial charge in [-0.25, -0.2) is 0 Å². The van der Waals surface area contributed by atoms with Crippen LogP contribution < -0.4 is 5.32 Å². The number of pyridine rings is 1. The molecular formula is C17H22N6O. The lowest BCUT2D eigenvalue weighted by molar-refractivity contribution is -0.121. The molecule has 0 radical (unpaired) electrons. The quantitative estimate of drug-likeness (QED) is 0.667. The summed E-state index contributed by atoms with van der Waals surface area (Å²) in [5, 5.41) is 15.5. The zero-order valence-electron chi connectivity index (χ0n) is 14.1. The number of carbonyl (C=O) groups is 1. The Bertz CT molecular complexity index is 835. The maximum Gasteiger partial charge on any atom is 0.220 e. The van der Waals surface area contributed by atoms with Crippen molar-refractivity contribution < 1.29 is 4.79 Å². The van der Waals surface area contributed by atoms with Crippen LogP contribution in [0.5, 0.6) is 0 Å². The van der Waals surface area contributed by atoms with Gasteiger partial charge in [0.1, 0.15) is 5.82 Å². The van der Waals surface area contributed by atoms with E-state index >= 15 is 0 Å². The number of rotatable bonds is 7. The molecule has 3 heterocycles. The van der Waals surface area contributed by atoms with E-state index in [1.165, 1.54) is 0 Å². The highest BCUT2D eigenvalue weighted by atomic mass is 16.1. The molecule has 3 aromatic rings. The molecule has 0 bridgehead atoms. The number of hydrogen-bond donors (Lipinski definition) is 1. The minimum Gasteiger partial charge on any atom is -0.356 e.